The molecule has 4 rings (SSSR count). The Morgan fingerprint density at radius 3 is 2.36 bits per heavy atom. The molecule has 0 aliphatic carbocycles. The topological polar surface area (TPSA) is 94.1 Å². The minimum absolute atomic E-state index is 0.0228. The van der Waals surface area contributed by atoms with E-state index in [1.54, 1.807) is 14.2 Å². The molecule has 2 unspecified atom stereocenters. The van der Waals surface area contributed by atoms with Gasteiger partial charge in [0.25, 0.3) is 5.91 Å². The van der Waals surface area contributed by atoms with Crippen molar-refractivity contribution in [2.45, 2.75) is 52.4 Å². The van der Waals surface area contributed by atoms with Crippen LogP contribution in [0.5, 0.6) is 5.88 Å². The van der Waals surface area contributed by atoms with E-state index in [9.17, 15) is 9.59 Å². The Hall–Kier alpha value is -2.30. The standard InChI is InChI=1S/C23H32N4O5S/c1-13-10-27(11-14(2)32-13)22(28)16-6-8-26(9-7-16)23(29)19-15(3)18-20(31-5)24-17(12-30-4)25-21(18)33-19/h13-14,16H,6-12H2,1-5H3. The lowest BCUT2D eigenvalue weighted by Gasteiger charge is -2.39. The Morgan fingerprint density at radius 2 is 1.76 bits per heavy atom. The first-order valence-corrected chi connectivity index (χ1v) is 12.2. The Bertz CT molecular complexity index is 1020. The number of methoxy groups -OCH3 is 2. The average molecular weight is 477 g/mol. The number of ether oxygens (including phenoxy) is 3. The van der Waals surface area contributed by atoms with E-state index in [0.29, 0.717) is 55.6 Å². The minimum Gasteiger partial charge on any atom is -0.480 e. The largest absolute Gasteiger partial charge is 0.480 e. The second-order valence-electron chi connectivity index (χ2n) is 8.89. The summed E-state index contributed by atoms with van der Waals surface area (Å²) in [6.45, 7) is 8.59. The molecule has 0 aromatic carbocycles. The van der Waals surface area contributed by atoms with Crippen molar-refractivity contribution in [2.75, 3.05) is 40.4 Å². The SMILES string of the molecule is COCc1nc(OC)c2c(C)c(C(=O)N3CCC(C(=O)N4CC(C)OC(C)C4)CC3)sc2n1. The molecule has 2 amide bonds. The number of piperidine rings is 1. The molecule has 2 aliphatic rings. The highest BCUT2D eigenvalue weighted by Crippen LogP contribution is 2.36. The molecule has 0 radical (unpaired) electrons. The molecule has 2 aromatic heterocycles. The first-order chi connectivity index (χ1) is 15.8. The van der Waals surface area contributed by atoms with Crippen molar-refractivity contribution in [1.29, 1.82) is 0 Å². The predicted molar refractivity (Wildman–Crippen MR) is 125 cm³/mol. The second kappa shape index (κ2) is 9.90. The number of nitrogens with zero attached hydrogens (tertiary/aromatic N) is 4. The van der Waals surface area contributed by atoms with E-state index in [0.717, 1.165) is 15.8 Å². The van der Waals surface area contributed by atoms with E-state index in [4.69, 9.17) is 14.2 Å². The lowest BCUT2D eigenvalue weighted by atomic mass is 9.94. The molecule has 4 heterocycles. The van der Waals surface area contributed by atoms with Crippen LogP contribution in [0.1, 0.15) is 47.7 Å². The van der Waals surface area contributed by atoms with Gasteiger partial charge in [0, 0.05) is 39.2 Å². The van der Waals surface area contributed by atoms with Crippen molar-refractivity contribution in [2.24, 2.45) is 5.92 Å². The molecular weight excluding hydrogens is 444 g/mol. The van der Waals surface area contributed by atoms with Gasteiger partial charge >= 0.3 is 0 Å². The van der Waals surface area contributed by atoms with Gasteiger partial charge in [0.15, 0.2) is 5.82 Å². The Labute approximate surface area is 198 Å². The summed E-state index contributed by atoms with van der Waals surface area (Å²) in [5.74, 6) is 1.10. The molecule has 2 atom stereocenters. The molecule has 2 saturated heterocycles. The summed E-state index contributed by atoms with van der Waals surface area (Å²) in [5, 5.41) is 0.770. The summed E-state index contributed by atoms with van der Waals surface area (Å²) < 4.78 is 16.4. The van der Waals surface area contributed by atoms with Gasteiger partial charge in [-0.25, -0.2) is 4.98 Å². The number of likely N-dealkylation sites (tertiary alicyclic amines) is 1. The van der Waals surface area contributed by atoms with E-state index in [1.165, 1.54) is 11.3 Å². The monoisotopic (exact) mass is 476 g/mol. The second-order valence-corrected chi connectivity index (χ2v) is 9.88. The van der Waals surface area contributed by atoms with Crippen molar-refractivity contribution in [3.8, 4) is 5.88 Å². The fourth-order valence-corrected chi connectivity index (χ4v) is 5.94. The van der Waals surface area contributed by atoms with Crippen LogP contribution in [0.4, 0.5) is 0 Å². The highest BCUT2D eigenvalue weighted by Gasteiger charge is 2.34. The molecule has 180 valence electrons. The van der Waals surface area contributed by atoms with Crippen LogP contribution in [0.15, 0.2) is 0 Å². The van der Waals surface area contributed by atoms with Crippen molar-refractivity contribution in [1.82, 2.24) is 19.8 Å². The summed E-state index contributed by atoms with van der Waals surface area (Å²) >= 11 is 1.36. The van der Waals surface area contributed by atoms with Crippen LogP contribution >= 0.6 is 11.3 Å². The minimum atomic E-state index is -0.0439. The molecule has 2 aromatic rings. The van der Waals surface area contributed by atoms with Crippen LogP contribution in [0.3, 0.4) is 0 Å². The van der Waals surface area contributed by atoms with E-state index < -0.39 is 0 Å². The highest BCUT2D eigenvalue weighted by atomic mass is 32.1. The molecule has 9 nitrogen and oxygen atoms in total. The van der Waals surface area contributed by atoms with Gasteiger partial charge in [-0.3, -0.25) is 9.59 Å². The lowest BCUT2D eigenvalue weighted by Crippen LogP contribution is -2.51. The third-order valence-electron chi connectivity index (χ3n) is 6.33. The third kappa shape index (κ3) is 4.83. The maximum absolute atomic E-state index is 13.4. The molecule has 33 heavy (non-hydrogen) atoms. The molecule has 0 saturated carbocycles. The summed E-state index contributed by atoms with van der Waals surface area (Å²) in [7, 11) is 3.15. The number of carbonyl (C=O) groups is 2. The Morgan fingerprint density at radius 1 is 1.09 bits per heavy atom. The van der Waals surface area contributed by atoms with Crippen molar-refractivity contribution < 1.29 is 23.8 Å². The smallest absolute Gasteiger partial charge is 0.264 e. The van der Waals surface area contributed by atoms with E-state index in [2.05, 4.69) is 9.97 Å². The van der Waals surface area contributed by atoms with Gasteiger partial charge in [0.1, 0.15) is 11.4 Å². The number of amides is 2. The number of rotatable bonds is 5. The zero-order chi connectivity index (χ0) is 23.7. The van der Waals surface area contributed by atoms with E-state index in [-0.39, 0.29) is 36.5 Å². The van der Waals surface area contributed by atoms with Crippen LogP contribution in [0, 0.1) is 12.8 Å². The number of fused-ring (bicyclic) bond motifs is 1. The van der Waals surface area contributed by atoms with Gasteiger partial charge in [-0.2, -0.15) is 4.98 Å². The summed E-state index contributed by atoms with van der Waals surface area (Å²) in [6.07, 6.45) is 1.46. The average Bonchev–Trinajstić information content (AvgIpc) is 3.13. The van der Waals surface area contributed by atoms with Crippen LogP contribution in [-0.2, 0) is 20.9 Å². The number of carbonyl (C=O) groups excluding carboxylic acids is 2. The van der Waals surface area contributed by atoms with Crippen molar-refractivity contribution in [3.05, 3.63) is 16.3 Å². The van der Waals surface area contributed by atoms with Crippen LogP contribution in [0.2, 0.25) is 0 Å². The fraction of sp³-hybridized carbons (Fsp3) is 0.652. The first kappa shape index (κ1) is 23.8. The van der Waals surface area contributed by atoms with Crippen molar-refractivity contribution in [3.63, 3.8) is 0 Å². The molecular formula is C23H32N4O5S. The van der Waals surface area contributed by atoms with E-state index >= 15 is 0 Å². The summed E-state index contributed by atoms with van der Waals surface area (Å²) in [5.41, 5.74) is 0.829. The number of aromatic nitrogens is 2. The highest BCUT2D eigenvalue weighted by molar-refractivity contribution is 7.20. The van der Waals surface area contributed by atoms with Gasteiger partial charge in [0.05, 0.1) is 29.6 Å². The summed E-state index contributed by atoms with van der Waals surface area (Å²) in [6, 6.07) is 0. The Kier molecular flexibility index (Phi) is 7.16. The molecule has 10 heteroatoms. The normalized spacial score (nSPS) is 22.1. The quantitative estimate of drug-likeness (QED) is 0.655. The molecule has 2 aliphatic heterocycles. The number of hydrogen-bond donors (Lipinski definition) is 0. The van der Waals surface area contributed by atoms with Crippen LogP contribution < -0.4 is 4.74 Å². The number of aryl methyl sites for hydroxylation is 1. The van der Waals surface area contributed by atoms with Gasteiger partial charge in [0.2, 0.25) is 11.8 Å². The number of thiophene rings is 1. The molecule has 0 spiro atoms. The van der Waals surface area contributed by atoms with E-state index in [1.807, 2.05) is 30.6 Å². The van der Waals surface area contributed by atoms with Gasteiger partial charge < -0.3 is 24.0 Å². The lowest BCUT2D eigenvalue weighted by molar-refractivity contribution is -0.148. The predicted octanol–water partition coefficient (Wildman–Crippen LogP) is 2.64. The zero-order valence-corrected chi connectivity index (χ0v) is 20.7. The van der Waals surface area contributed by atoms with Gasteiger partial charge in [-0.05, 0) is 39.2 Å². The maximum Gasteiger partial charge on any atom is 0.264 e. The molecule has 2 fully saturated rings. The first-order valence-electron chi connectivity index (χ1n) is 11.4. The number of morpholine rings is 1. The maximum atomic E-state index is 13.4. The van der Waals surface area contributed by atoms with Crippen molar-refractivity contribution >= 4 is 33.4 Å². The molecule has 0 N–H and O–H groups in total. The summed E-state index contributed by atoms with van der Waals surface area (Å²) in [4.78, 5) is 40.5. The zero-order valence-electron chi connectivity index (χ0n) is 19.9. The fourth-order valence-electron chi connectivity index (χ4n) is 4.78. The number of hydrogen-bond acceptors (Lipinski definition) is 8. The Balaban J connectivity index is 1.46. The third-order valence-corrected chi connectivity index (χ3v) is 7.50. The molecule has 0 bridgehead atoms. The van der Waals surface area contributed by atoms with Gasteiger partial charge in [-0.15, -0.1) is 11.3 Å². The van der Waals surface area contributed by atoms with Crippen LogP contribution in [-0.4, -0.2) is 84.2 Å². The van der Waals surface area contributed by atoms with Crippen LogP contribution in [0.25, 0.3) is 10.2 Å². The van der Waals surface area contributed by atoms with Gasteiger partial charge in [-0.1, -0.05) is 0 Å².